The van der Waals surface area contributed by atoms with E-state index in [1.54, 1.807) is 0 Å². The van der Waals surface area contributed by atoms with Gasteiger partial charge in [0.2, 0.25) is 0 Å². The van der Waals surface area contributed by atoms with Crippen LogP contribution in [0.2, 0.25) is 0 Å². The van der Waals surface area contributed by atoms with Crippen molar-refractivity contribution in [3.05, 3.63) is 29.3 Å². The minimum Gasteiger partial charge on any atom is -0.367 e. The van der Waals surface area contributed by atoms with E-state index in [0.717, 1.165) is 6.54 Å². The normalized spacial score (nSPS) is 21.0. The molecule has 3 nitrogen and oxygen atoms in total. The molecule has 0 aromatic heterocycles. The van der Waals surface area contributed by atoms with E-state index in [0.29, 0.717) is 6.04 Å². The van der Waals surface area contributed by atoms with Crippen molar-refractivity contribution in [2.24, 2.45) is 0 Å². The SMILES string of the molecule is CCC1CN(C)CCCN1c1ccc(CNC)cc1C. The summed E-state index contributed by atoms with van der Waals surface area (Å²) in [7, 11) is 4.25. The molecule has 1 aliphatic heterocycles. The number of rotatable bonds is 4. The van der Waals surface area contributed by atoms with Gasteiger partial charge in [0.1, 0.15) is 0 Å². The van der Waals surface area contributed by atoms with Crippen molar-refractivity contribution >= 4 is 5.69 Å². The Balaban J connectivity index is 2.23. The molecule has 1 saturated heterocycles. The third-order valence-electron chi connectivity index (χ3n) is 4.32. The maximum absolute atomic E-state index is 3.23. The molecule has 1 aromatic carbocycles. The summed E-state index contributed by atoms with van der Waals surface area (Å²) < 4.78 is 0. The second-order valence-electron chi connectivity index (χ2n) is 6.02. The number of hydrogen-bond acceptors (Lipinski definition) is 3. The van der Waals surface area contributed by atoms with E-state index < -0.39 is 0 Å². The Morgan fingerprint density at radius 1 is 1.30 bits per heavy atom. The van der Waals surface area contributed by atoms with Crippen molar-refractivity contribution in [3.63, 3.8) is 0 Å². The molecule has 0 saturated carbocycles. The highest BCUT2D eigenvalue weighted by atomic mass is 15.2. The minimum atomic E-state index is 0.636. The van der Waals surface area contributed by atoms with Crippen molar-refractivity contribution in [1.29, 1.82) is 0 Å². The first-order valence-corrected chi connectivity index (χ1v) is 7.85. The highest BCUT2D eigenvalue weighted by Gasteiger charge is 2.23. The molecular formula is C17H29N3. The first-order valence-electron chi connectivity index (χ1n) is 7.85. The van der Waals surface area contributed by atoms with Gasteiger partial charge >= 0.3 is 0 Å². The fourth-order valence-corrected chi connectivity index (χ4v) is 3.26. The highest BCUT2D eigenvalue weighted by Crippen LogP contribution is 2.26. The predicted octanol–water partition coefficient (Wildman–Crippen LogP) is 2.63. The molecule has 0 radical (unpaired) electrons. The molecule has 0 amide bonds. The zero-order valence-corrected chi connectivity index (χ0v) is 13.4. The van der Waals surface area contributed by atoms with E-state index in [9.17, 15) is 0 Å². The van der Waals surface area contributed by atoms with Crippen LogP contribution < -0.4 is 10.2 Å². The Bertz CT molecular complexity index is 430. The van der Waals surface area contributed by atoms with E-state index in [1.165, 1.54) is 49.3 Å². The summed E-state index contributed by atoms with van der Waals surface area (Å²) in [6, 6.07) is 7.54. The Hall–Kier alpha value is -1.06. The average Bonchev–Trinajstić information content (AvgIpc) is 2.61. The Labute approximate surface area is 124 Å². The van der Waals surface area contributed by atoms with Gasteiger partial charge in [-0.2, -0.15) is 0 Å². The highest BCUT2D eigenvalue weighted by molar-refractivity contribution is 5.55. The van der Waals surface area contributed by atoms with E-state index in [-0.39, 0.29) is 0 Å². The molecule has 1 unspecified atom stereocenters. The van der Waals surface area contributed by atoms with Crippen molar-refractivity contribution in [2.45, 2.75) is 39.3 Å². The molecule has 3 heteroatoms. The number of nitrogens with zero attached hydrogens (tertiary/aromatic N) is 2. The lowest BCUT2D eigenvalue weighted by molar-refractivity contribution is 0.328. The summed E-state index contributed by atoms with van der Waals surface area (Å²) in [5, 5.41) is 3.23. The van der Waals surface area contributed by atoms with E-state index >= 15 is 0 Å². The van der Waals surface area contributed by atoms with Crippen molar-refractivity contribution in [3.8, 4) is 0 Å². The fourth-order valence-electron chi connectivity index (χ4n) is 3.26. The summed E-state index contributed by atoms with van der Waals surface area (Å²) in [6.45, 7) is 9.06. The molecule has 20 heavy (non-hydrogen) atoms. The third kappa shape index (κ3) is 3.53. The molecule has 1 fully saturated rings. The fraction of sp³-hybridized carbons (Fsp3) is 0.647. The molecular weight excluding hydrogens is 246 g/mol. The average molecular weight is 275 g/mol. The van der Waals surface area contributed by atoms with Crippen LogP contribution in [0, 0.1) is 6.92 Å². The van der Waals surface area contributed by atoms with Crippen LogP contribution in [0.25, 0.3) is 0 Å². The van der Waals surface area contributed by atoms with Crippen molar-refractivity contribution in [1.82, 2.24) is 10.2 Å². The van der Waals surface area contributed by atoms with Gasteiger partial charge in [-0.25, -0.2) is 0 Å². The smallest absolute Gasteiger partial charge is 0.0414 e. The molecule has 1 heterocycles. The first kappa shape index (κ1) is 15.3. The number of likely N-dealkylation sites (N-methyl/N-ethyl adjacent to an activating group) is 1. The van der Waals surface area contributed by atoms with Crippen LogP contribution in [0.4, 0.5) is 5.69 Å². The Kier molecular flexibility index (Phi) is 5.44. The van der Waals surface area contributed by atoms with Crippen LogP contribution >= 0.6 is 0 Å². The van der Waals surface area contributed by atoms with E-state index in [2.05, 4.69) is 54.2 Å². The zero-order chi connectivity index (χ0) is 14.5. The molecule has 1 atom stereocenters. The van der Waals surface area contributed by atoms with Crippen LogP contribution in [0.5, 0.6) is 0 Å². The summed E-state index contributed by atoms with van der Waals surface area (Å²) in [5.74, 6) is 0. The summed E-state index contributed by atoms with van der Waals surface area (Å²) in [4.78, 5) is 5.10. The number of aryl methyl sites for hydroxylation is 1. The molecule has 1 aliphatic rings. The quantitative estimate of drug-likeness (QED) is 0.911. The van der Waals surface area contributed by atoms with Crippen LogP contribution in [0.15, 0.2) is 18.2 Å². The second-order valence-corrected chi connectivity index (χ2v) is 6.02. The van der Waals surface area contributed by atoms with Crippen LogP contribution in [-0.4, -0.2) is 44.7 Å². The second kappa shape index (κ2) is 7.09. The zero-order valence-electron chi connectivity index (χ0n) is 13.4. The molecule has 112 valence electrons. The Morgan fingerprint density at radius 2 is 2.10 bits per heavy atom. The summed E-state index contributed by atoms with van der Waals surface area (Å²) in [6.07, 6.45) is 2.47. The van der Waals surface area contributed by atoms with Crippen molar-refractivity contribution in [2.75, 3.05) is 38.6 Å². The molecule has 1 N–H and O–H groups in total. The lowest BCUT2D eigenvalue weighted by atomic mass is 10.1. The van der Waals surface area contributed by atoms with Crippen LogP contribution in [-0.2, 0) is 6.54 Å². The van der Waals surface area contributed by atoms with E-state index in [1.807, 2.05) is 7.05 Å². The largest absolute Gasteiger partial charge is 0.367 e. The molecule has 0 spiro atoms. The lowest BCUT2D eigenvalue weighted by Crippen LogP contribution is -2.40. The van der Waals surface area contributed by atoms with E-state index in [4.69, 9.17) is 0 Å². The summed E-state index contributed by atoms with van der Waals surface area (Å²) >= 11 is 0. The number of nitrogens with one attached hydrogen (secondary N) is 1. The Morgan fingerprint density at radius 3 is 2.75 bits per heavy atom. The van der Waals surface area contributed by atoms with Crippen LogP contribution in [0.3, 0.4) is 0 Å². The maximum Gasteiger partial charge on any atom is 0.0414 e. The molecule has 0 aliphatic carbocycles. The van der Waals surface area contributed by atoms with Gasteiger partial charge in [-0.05, 0) is 57.6 Å². The lowest BCUT2D eigenvalue weighted by Gasteiger charge is -2.33. The third-order valence-corrected chi connectivity index (χ3v) is 4.32. The minimum absolute atomic E-state index is 0.636. The monoisotopic (exact) mass is 275 g/mol. The van der Waals surface area contributed by atoms with Gasteiger partial charge < -0.3 is 15.1 Å². The molecule has 0 bridgehead atoms. The summed E-state index contributed by atoms with van der Waals surface area (Å²) in [5.41, 5.74) is 4.20. The molecule has 1 aromatic rings. The van der Waals surface area contributed by atoms with Gasteiger partial charge in [0.25, 0.3) is 0 Å². The standard InChI is InChI=1S/C17H29N3/c1-5-16-13-19(4)9-6-10-20(16)17-8-7-15(12-18-3)11-14(17)2/h7-8,11,16,18H,5-6,9-10,12-13H2,1-4H3. The van der Waals surface area contributed by atoms with Gasteiger partial charge in [0.15, 0.2) is 0 Å². The van der Waals surface area contributed by atoms with Gasteiger partial charge in [-0.15, -0.1) is 0 Å². The van der Waals surface area contributed by atoms with Gasteiger partial charge in [-0.3, -0.25) is 0 Å². The van der Waals surface area contributed by atoms with Gasteiger partial charge in [-0.1, -0.05) is 19.1 Å². The number of anilines is 1. The maximum atomic E-state index is 3.23. The number of hydrogen-bond donors (Lipinski definition) is 1. The van der Waals surface area contributed by atoms with Crippen molar-refractivity contribution < 1.29 is 0 Å². The topological polar surface area (TPSA) is 18.5 Å². The predicted molar refractivity (Wildman–Crippen MR) is 87.5 cm³/mol. The van der Waals surface area contributed by atoms with Gasteiger partial charge in [0, 0.05) is 31.4 Å². The molecule has 2 rings (SSSR count). The number of benzene rings is 1. The van der Waals surface area contributed by atoms with Crippen LogP contribution in [0.1, 0.15) is 30.9 Å². The first-order chi connectivity index (χ1) is 9.65. The van der Waals surface area contributed by atoms with Gasteiger partial charge in [0.05, 0.1) is 0 Å².